The van der Waals surface area contributed by atoms with Crippen molar-refractivity contribution in [1.82, 2.24) is 0 Å². The average Bonchev–Trinajstić information content (AvgIpc) is 2.44. The van der Waals surface area contributed by atoms with E-state index in [0.29, 0.717) is 5.92 Å². The maximum Gasteiger partial charge on any atom is 0.0675 e. The Bertz CT molecular complexity index is 196. The zero-order chi connectivity index (χ0) is 10.7. The zero-order valence-electron chi connectivity index (χ0n) is 10.2. The van der Waals surface area contributed by atoms with Gasteiger partial charge in [-0.25, -0.2) is 0 Å². The average molecular weight is 210 g/mol. The molecule has 0 radical (unpaired) electrons. The molecule has 15 heavy (non-hydrogen) atoms. The van der Waals surface area contributed by atoms with E-state index < -0.39 is 0 Å². The number of aliphatic hydroxyl groups is 1. The Kier molecular flexibility index (Phi) is 3.71. The highest BCUT2D eigenvalue weighted by molar-refractivity contribution is 4.90. The highest BCUT2D eigenvalue weighted by Crippen LogP contribution is 2.41. The standard InChI is InChI=1S/C14H26O/c1-12-6-5-10-14(15,11-9-12)13-7-3-2-4-8-13/h12-13,15H,2-11H2,1H3. The van der Waals surface area contributed by atoms with Crippen LogP contribution in [0.2, 0.25) is 0 Å². The quantitative estimate of drug-likeness (QED) is 0.651. The van der Waals surface area contributed by atoms with Gasteiger partial charge in [0.2, 0.25) is 0 Å². The lowest BCUT2D eigenvalue weighted by atomic mass is 9.73. The van der Waals surface area contributed by atoms with E-state index in [9.17, 15) is 5.11 Å². The molecule has 2 fully saturated rings. The zero-order valence-corrected chi connectivity index (χ0v) is 10.2. The maximum absolute atomic E-state index is 10.8. The molecule has 0 aromatic carbocycles. The summed E-state index contributed by atoms with van der Waals surface area (Å²) in [7, 11) is 0. The van der Waals surface area contributed by atoms with Crippen molar-refractivity contribution < 1.29 is 5.11 Å². The summed E-state index contributed by atoms with van der Waals surface area (Å²) in [6, 6.07) is 0. The highest BCUT2D eigenvalue weighted by atomic mass is 16.3. The minimum Gasteiger partial charge on any atom is -0.390 e. The second kappa shape index (κ2) is 4.86. The van der Waals surface area contributed by atoms with Crippen LogP contribution in [-0.4, -0.2) is 10.7 Å². The third-order valence-corrected chi connectivity index (χ3v) is 4.74. The number of hydrogen-bond acceptors (Lipinski definition) is 1. The summed E-state index contributed by atoms with van der Waals surface area (Å²) in [5, 5.41) is 10.8. The van der Waals surface area contributed by atoms with E-state index in [0.717, 1.165) is 18.8 Å². The Morgan fingerprint density at radius 3 is 2.33 bits per heavy atom. The van der Waals surface area contributed by atoms with Gasteiger partial charge in [-0.2, -0.15) is 0 Å². The van der Waals surface area contributed by atoms with Crippen molar-refractivity contribution >= 4 is 0 Å². The van der Waals surface area contributed by atoms with Gasteiger partial charge in [0.25, 0.3) is 0 Å². The largest absolute Gasteiger partial charge is 0.390 e. The Morgan fingerprint density at radius 1 is 0.867 bits per heavy atom. The van der Waals surface area contributed by atoms with Gasteiger partial charge in [0, 0.05) is 0 Å². The smallest absolute Gasteiger partial charge is 0.0675 e. The van der Waals surface area contributed by atoms with Crippen molar-refractivity contribution in [2.24, 2.45) is 11.8 Å². The van der Waals surface area contributed by atoms with Crippen LogP contribution in [0.1, 0.15) is 71.1 Å². The van der Waals surface area contributed by atoms with Crippen molar-refractivity contribution in [2.45, 2.75) is 76.7 Å². The van der Waals surface area contributed by atoms with Crippen molar-refractivity contribution in [3.63, 3.8) is 0 Å². The molecule has 0 aliphatic heterocycles. The Balaban J connectivity index is 1.97. The van der Waals surface area contributed by atoms with E-state index in [1.165, 1.54) is 51.4 Å². The third-order valence-electron chi connectivity index (χ3n) is 4.74. The third kappa shape index (κ3) is 2.75. The molecule has 0 aromatic rings. The van der Waals surface area contributed by atoms with Gasteiger partial charge < -0.3 is 5.11 Å². The van der Waals surface area contributed by atoms with Crippen LogP contribution < -0.4 is 0 Å². The van der Waals surface area contributed by atoms with Crippen LogP contribution in [0.25, 0.3) is 0 Å². The van der Waals surface area contributed by atoms with Crippen molar-refractivity contribution in [2.75, 3.05) is 0 Å². The van der Waals surface area contributed by atoms with Crippen LogP contribution in [0.4, 0.5) is 0 Å². The molecule has 1 N–H and O–H groups in total. The van der Waals surface area contributed by atoms with Gasteiger partial charge in [-0.15, -0.1) is 0 Å². The molecule has 0 spiro atoms. The second-order valence-electron chi connectivity index (χ2n) is 5.97. The van der Waals surface area contributed by atoms with Gasteiger partial charge in [-0.3, -0.25) is 0 Å². The van der Waals surface area contributed by atoms with Crippen LogP contribution >= 0.6 is 0 Å². The summed E-state index contributed by atoms with van der Waals surface area (Å²) in [5.74, 6) is 1.46. The van der Waals surface area contributed by atoms with Gasteiger partial charge in [-0.1, -0.05) is 39.0 Å². The lowest BCUT2D eigenvalue weighted by Crippen LogP contribution is -2.38. The SMILES string of the molecule is CC1CCCC(O)(C2CCCCC2)CC1. The molecule has 0 aromatic heterocycles. The molecule has 1 nitrogen and oxygen atoms in total. The van der Waals surface area contributed by atoms with Gasteiger partial charge in [0.1, 0.15) is 0 Å². The van der Waals surface area contributed by atoms with E-state index in [4.69, 9.17) is 0 Å². The van der Waals surface area contributed by atoms with E-state index in [-0.39, 0.29) is 5.60 Å². The summed E-state index contributed by atoms with van der Waals surface area (Å²) in [6.45, 7) is 2.34. The molecule has 2 aliphatic carbocycles. The Labute approximate surface area is 94.3 Å². The number of hydrogen-bond donors (Lipinski definition) is 1. The van der Waals surface area contributed by atoms with E-state index in [1.54, 1.807) is 0 Å². The van der Waals surface area contributed by atoms with E-state index >= 15 is 0 Å². The van der Waals surface area contributed by atoms with Crippen molar-refractivity contribution in [3.8, 4) is 0 Å². The van der Waals surface area contributed by atoms with Crippen LogP contribution in [0.3, 0.4) is 0 Å². The monoisotopic (exact) mass is 210 g/mol. The molecule has 2 aliphatic rings. The lowest BCUT2D eigenvalue weighted by molar-refractivity contribution is -0.0458. The minimum absolute atomic E-state index is 0.287. The van der Waals surface area contributed by atoms with Gasteiger partial charge in [-0.05, 0) is 43.9 Å². The molecular formula is C14H26O. The van der Waals surface area contributed by atoms with E-state index in [2.05, 4.69) is 6.92 Å². The summed E-state index contributed by atoms with van der Waals surface area (Å²) in [5.41, 5.74) is -0.287. The summed E-state index contributed by atoms with van der Waals surface area (Å²) in [4.78, 5) is 0. The topological polar surface area (TPSA) is 20.2 Å². The fourth-order valence-electron chi connectivity index (χ4n) is 3.57. The predicted octanol–water partition coefficient (Wildman–Crippen LogP) is 3.90. The first-order valence-electron chi connectivity index (χ1n) is 6.93. The summed E-state index contributed by atoms with van der Waals surface area (Å²) >= 11 is 0. The molecule has 0 bridgehead atoms. The molecule has 2 atom stereocenters. The van der Waals surface area contributed by atoms with Gasteiger partial charge in [0.15, 0.2) is 0 Å². The minimum atomic E-state index is -0.287. The molecule has 1 heteroatoms. The van der Waals surface area contributed by atoms with Crippen LogP contribution in [-0.2, 0) is 0 Å². The van der Waals surface area contributed by atoms with Crippen molar-refractivity contribution in [3.05, 3.63) is 0 Å². The number of rotatable bonds is 1. The normalized spacial score (nSPS) is 40.0. The van der Waals surface area contributed by atoms with Crippen LogP contribution in [0, 0.1) is 11.8 Å². The van der Waals surface area contributed by atoms with E-state index in [1.807, 2.05) is 0 Å². The lowest BCUT2D eigenvalue weighted by Gasteiger charge is -2.38. The molecular weight excluding hydrogens is 184 g/mol. The highest BCUT2D eigenvalue weighted by Gasteiger charge is 2.37. The van der Waals surface area contributed by atoms with Crippen molar-refractivity contribution in [1.29, 1.82) is 0 Å². The summed E-state index contributed by atoms with van der Waals surface area (Å²) in [6.07, 6.45) is 12.6. The molecule has 0 saturated heterocycles. The first-order valence-corrected chi connectivity index (χ1v) is 6.93. The molecule has 0 heterocycles. The summed E-state index contributed by atoms with van der Waals surface area (Å²) < 4.78 is 0. The Hall–Kier alpha value is -0.0400. The fraction of sp³-hybridized carbons (Fsp3) is 1.00. The fourth-order valence-corrected chi connectivity index (χ4v) is 3.57. The molecule has 0 amide bonds. The molecule has 88 valence electrons. The Morgan fingerprint density at radius 2 is 1.60 bits per heavy atom. The van der Waals surface area contributed by atoms with Gasteiger partial charge in [0.05, 0.1) is 5.60 Å². The van der Waals surface area contributed by atoms with Crippen LogP contribution in [0.15, 0.2) is 0 Å². The molecule has 2 rings (SSSR count). The first-order chi connectivity index (χ1) is 7.21. The first kappa shape index (κ1) is 11.4. The molecule has 2 unspecified atom stereocenters. The predicted molar refractivity (Wildman–Crippen MR) is 63.8 cm³/mol. The maximum atomic E-state index is 10.8. The van der Waals surface area contributed by atoms with Crippen LogP contribution in [0.5, 0.6) is 0 Å². The molecule has 2 saturated carbocycles. The van der Waals surface area contributed by atoms with Gasteiger partial charge >= 0.3 is 0 Å². The second-order valence-corrected chi connectivity index (χ2v) is 5.97.